The molecule has 2 rings (SSSR count). The third-order valence-corrected chi connectivity index (χ3v) is 4.58. The predicted molar refractivity (Wildman–Crippen MR) is 98.1 cm³/mol. The van der Waals surface area contributed by atoms with Crippen LogP contribution in [0.5, 0.6) is 0 Å². The van der Waals surface area contributed by atoms with Gasteiger partial charge in [0.25, 0.3) is 5.91 Å². The van der Waals surface area contributed by atoms with E-state index in [0.717, 1.165) is 4.88 Å². The lowest BCUT2D eigenvalue weighted by Crippen LogP contribution is -2.25. The molecule has 0 unspecified atom stereocenters. The van der Waals surface area contributed by atoms with Crippen LogP contribution in [0.15, 0.2) is 27.6 Å². The van der Waals surface area contributed by atoms with Crippen molar-refractivity contribution < 1.29 is 4.79 Å². The molecule has 0 fully saturated rings. The molecule has 0 radical (unpaired) electrons. The zero-order valence-electron chi connectivity index (χ0n) is 14.0. The van der Waals surface area contributed by atoms with Gasteiger partial charge in [0.2, 0.25) is 0 Å². The molecule has 2 heterocycles. The molecule has 0 saturated heterocycles. The van der Waals surface area contributed by atoms with Crippen LogP contribution in [-0.4, -0.2) is 28.2 Å². The molecule has 0 atom stereocenters. The molecule has 1 N–H and O–H groups in total. The number of thiophene rings is 1. The Labute approximate surface area is 149 Å². The molecule has 2 aromatic heterocycles. The smallest absolute Gasteiger partial charge is 0.261 e. The number of thioether (sulfide) groups is 1. The van der Waals surface area contributed by atoms with E-state index in [1.165, 1.54) is 23.1 Å². The fraction of sp³-hybridized carbons (Fsp3) is 0.375. The van der Waals surface area contributed by atoms with E-state index >= 15 is 0 Å². The second kappa shape index (κ2) is 7.64. The van der Waals surface area contributed by atoms with Gasteiger partial charge in [-0.1, -0.05) is 26.8 Å². The van der Waals surface area contributed by atoms with Gasteiger partial charge in [0.15, 0.2) is 0 Å². The molecule has 24 heavy (non-hydrogen) atoms. The molecule has 0 aliphatic rings. The SMILES string of the molecule is CSc1c(C#N)c(-c2cccs2)nn1CC(=O)NN=CC(C)(C)C. The van der Waals surface area contributed by atoms with E-state index in [0.29, 0.717) is 16.3 Å². The van der Waals surface area contributed by atoms with E-state index in [9.17, 15) is 10.1 Å². The van der Waals surface area contributed by atoms with Crippen LogP contribution in [0.25, 0.3) is 10.6 Å². The molecule has 0 spiro atoms. The lowest BCUT2D eigenvalue weighted by molar-refractivity contribution is -0.121. The van der Waals surface area contributed by atoms with E-state index in [-0.39, 0.29) is 17.9 Å². The highest BCUT2D eigenvalue weighted by Crippen LogP contribution is 2.32. The van der Waals surface area contributed by atoms with Crippen LogP contribution in [0, 0.1) is 16.7 Å². The maximum absolute atomic E-state index is 12.1. The summed E-state index contributed by atoms with van der Waals surface area (Å²) in [7, 11) is 0. The zero-order valence-corrected chi connectivity index (χ0v) is 15.7. The summed E-state index contributed by atoms with van der Waals surface area (Å²) in [6.07, 6.45) is 3.55. The van der Waals surface area contributed by atoms with Gasteiger partial charge in [-0.25, -0.2) is 10.1 Å². The number of hydrazone groups is 1. The maximum atomic E-state index is 12.1. The fourth-order valence-corrected chi connectivity index (χ4v) is 3.29. The van der Waals surface area contributed by atoms with E-state index in [4.69, 9.17) is 0 Å². The first-order valence-electron chi connectivity index (χ1n) is 7.27. The first kappa shape index (κ1) is 18.2. The largest absolute Gasteiger partial charge is 0.271 e. The normalized spacial score (nSPS) is 11.6. The molecule has 0 bridgehead atoms. The van der Waals surface area contributed by atoms with Crippen LogP contribution in [0.3, 0.4) is 0 Å². The Morgan fingerprint density at radius 3 is 2.88 bits per heavy atom. The van der Waals surface area contributed by atoms with Crippen LogP contribution in [0.2, 0.25) is 0 Å². The van der Waals surface area contributed by atoms with Gasteiger partial charge in [-0.3, -0.25) is 4.79 Å². The Balaban J connectivity index is 2.23. The van der Waals surface area contributed by atoms with E-state index < -0.39 is 0 Å². The first-order valence-corrected chi connectivity index (χ1v) is 9.38. The van der Waals surface area contributed by atoms with E-state index in [1.54, 1.807) is 10.9 Å². The van der Waals surface area contributed by atoms with Gasteiger partial charge < -0.3 is 0 Å². The minimum Gasteiger partial charge on any atom is -0.271 e. The van der Waals surface area contributed by atoms with Crippen molar-refractivity contribution in [2.24, 2.45) is 10.5 Å². The highest BCUT2D eigenvalue weighted by molar-refractivity contribution is 7.98. The Morgan fingerprint density at radius 1 is 1.58 bits per heavy atom. The quantitative estimate of drug-likeness (QED) is 0.503. The fourth-order valence-electron chi connectivity index (χ4n) is 1.92. The monoisotopic (exact) mass is 361 g/mol. The van der Waals surface area contributed by atoms with Crippen molar-refractivity contribution in [3.8, 4) is 16.6 Å². The predicted octanol–water partition coefficient (Wildman–Crippen LogP) is 3.35. The molecule has 1 amide bonds. The maximum Gasteiger partial charge on any atom is 0.261 e. The number of nitriles is 1. The minimum atomic E-state index is -0.282. The molecule has 0 saturated carbocycles. The van der Waals surface area contributed by atoms with Gasteiger partial charge in [-0.05, 0) is 23.1 Å². The second-order valence-corrected chi connectivity index (χ2v) is 7.88. The van der Waals surface area contributed by atoms with Crippen molar-refractivity contribution in [1.82, 2.24) is 15.2 Å². The highest BCUT2D eigenvalue weighted by atomic mass is 32.2. The Kier molecular flexibility index (Phi) is 5.80. The van der Waals surface area contributed by atoms with Crippen molar-refractivity contribution in [3.63, 3.8) is 0 Å². The molecule has 0 aromatic carbocycles. The van der Waals surface area contributed by atoms with E-state index in [2.05, 4.69) is 21.7 Å². The number of carbonyl (C=O) groups is 1. The average Bonchev–Trinajstić information content (AvgIpc) is 3.12. The van der Waals surface area contributed by atoms with E-state index in [1.807, 2.05) is 44.5 Å². The number of nitrogens with zero attached hydrogens (tertiary/aromatic N) is 4. The summed E-state index contributed by atoms with van der Waals surface area (Å²) in [5.41, 5.74) is 3.50. The van der Waals surface area contributed by atoms with Crippen LogP contribution in [0.1, 0.15) is 26.3 Å². The van der Waals surface area contributed by atoms with Crippen molar-refractivity contribution in [1.29, 1.82) is 5.26 Å². The van der Waals surface area contributed by atoms with Crippen molar-refractivity contribution in [2.45, 2.75) is 32.3 Å². The number of nitrogens with one attached hydrogen (secondary N) is 1. The molecule has 126 valence electrons. The Hall–Kier alpha value is -2.11. The number of aromatic nitrogens is 2. The molecular weight excluding hydrogens is 342 g/mol. The second-order valence-electron chi connectivity index (χ2n) is 6.14. The van der Waals surface area contributed by atoms with Crippen LogP contribution in [0.4, 0.5) is 0 Å². The standard InChI is InChI=1S/C16H19N5OS2/c1-16(2,3)10-18-19-13(22)9-21-15(23-4)11(8-17)14(20-21)12-6-5-7-24-12/h5-7,10H,9H2,1-4H3,(H,19,22). The summed E-state index contributed by atoms with van der Waals surface area (Å²) in [6.45, 7) is 6.00. The number of carbonyl (C=O) groups excluding carboxylic acids is 1. The Bertz CT molecular complexity index is 779. The summed E-state index contributed by atoms with van der Waals surface area (Å²) in [5, 5.41) is 20.5. The van der Waals surface area contributed by atoms with Gasteiger partial charge in [0.05, 0.1) is 4.88 Å². The number of hydrogen-bond donors (Lipinski definition) is 1. The summed E-state index contributed by atoms with van der Waals surface area (Å²) < 4.78 is 1.56. The van der Waals surface area contributed by atoms with Crippen LogP contribution < -0.4 is 5.43 Å². The highest BCUT2D eigenvalue weighted by Gasteiger charge is 2.20. The van der Waals surface area contributed by atoms with Crippen molar-refractivity contribution in [2.75, 3.05) is 6.26 Å². The van der Waals surface area contributed by atoms with Gasteiger partial charge >= 0.3 is 0 Å². The van der Waals surface area contributed by atoms with Gasteiger partial charge in [-0.2, -0.15) is 15.5 Å². The van der Waals surface area contributed by atoms with Gasteiger partial charge in [0.1, 0.15) is 28.9 Å². The number of amides is 1. The number of hydrogen-bond acceptors (Lipinski definition) is 6. The first-order chi connectivity index (χ1) is 11.4. The molecular formula is C16H19N5OS2. The summed E-state index contributed by atoms with van der Waals surface area (Å²) >= 11 is 2.91. The van der Waals surface area contributed by atoms with Crippen molar-refractivity contribution >= 4 is 35.2 Å². The third kappa shape index (κ3) is 4.46. The third-order valence-electron chi connectivity index (χ3n) is 2.90. The van der Waals surface area contributed by atoms with Crippen LogP contribution in [-0.2, 0) is 11.3 Å². The van der Waals surface area contributed by atoms with Gasteiger partial charge in [0, 0.05) is 6.21 Å². The zero-order chi connectivity index (χ0) is 17.7. The summed E-state index contributed by atoms with van der Waals surface area (Å²) in [4.78, 5) is 13.0. The topological polar surface area (TPSA) is 83.1 Å². The lowest BCUT2D eigenvalue weighted by Gasteiger charge is -2.10. The minimum absolute atomic E-state index is 0.0116. The molecule has 0 aliphatic heterocycles. The number of rotatable bonds is 5. The van der Waals surface area contributed by atoms with Gasteiger partial charge in [-0.15, -0.1) is 23.1 Å². The summed E-state index contributed by atoms with van der Waals surface area (Å²) in [5.74, 6) is -0.282. The summed E-state index contributed by atoms with van der Waals surface area (Å²) in [6, 6.07) is 6.02. The van der Waals surface area contributed by atoms with Crippen molar-refractivity contribution in [3.05, 3.63) is 23.1 Å². The molecule has 2 aromatic rings. The molecule has 8 heteroatoms. The Morgan fingerprint density at radius 2 is 2.33 bits per heavy atom. The molecule has 6 nitrogen and oxygen atoms in total. The molecule has 0 aliphatic carbocycles. The average molecular weight is 361 g/mol. The van der Waals surface area contributed by atoms with Crippen LogP contribution >= 0.6 is 23.1 Å². The lowest BCUT2D eigenvalue weighted by atomic mass is 9.99.